The molecule has 1 N–H and O–H groups in total. The third-order valence-electron chi connectivity index (χ3n) is 6.90. The molecule has 0 aliphatic heterocycles. The molecule has 0 bridgehead atoms. The number of hydrogen-bond donors (Lipinski definition) is 1. The van der Waals surface area contributed by atoms with Crippen LogP contribution in [0.4, 0.5) is 5.69 Å². The van der Waals surface area contributed by atoms with Gasteiger partial charge in [0.15, 0.2) is 0 Å². The number of fused-ring (bicyclic) bond motifs is 2. The van der Waals surface area contributed by atoms with Gasteiger partial charge in [-0.3, -0.25) is 9.69 Å². The van der Waals surface area contributed by atoms with Crippen molar-refractivity contribution in [2.45, 2.75) is 38.8 Å². The van der Waals surface area contributed by atoms with E-state index in [1.54, 1.807) is 11.3 Å². The molecule has 1 aliphatic carbocycles. The lowest BCUT2D eigenvalue weighted by Crippen LogP contribution is -2.29. The lowest BCUT2D eigenvalue weighted by Gasteiger charge is -2.22. The van der Waals surface area contributed by atoms with Crippen molar-refractivity contribution in [1.29, 1.82) is 0 Å². The molecule has 0 atom stereocenters. The van der Waals surface area contributed by atoms with E-state index in [0.717, 1.165) is 34.9 Å². The molecule has 1 heterocycles. The fraction of sp³-hybridized carbons (Fsp3) is 0.226. The Bertz CT molecular complexity index is 1530. The van der Waals surface area contributed by atoms with Crippen LogP contribution in [-0.4, -0.2) is 28.4 Å². The molecule has 1 fully saturated rings. The van der Waals surface area contributed by atoms with Gasteiger partial charge in [-0.05, 0) is 78.1 Å². The molecule has 0 unspecified atom stereocenters. The number of carbonyl (C=O) groups excluding carboxylic acids is 1. The van der Waals surface area contributed by atoms with Crippen LogP contribution in [0.3, 0.4) is 0 Å². The van der Waals surface area contributed by atoms with Gasteiger partial charge in [0.25, 0.3) is 0 Å². The molecule has 1 amide bonds. The smallest absolute Gasteiger partial charge is 0.225 e. The molecule has 6 rings (SSSR count). The molecule has 0 radical (unpaired) electrons. The van der Waals surface area contributed by atoms with E-state index in [2.05, 4.69) is 77.8 Å². The molecule has 5 aromatic rings. The van der Waals surface area contributed by atoms with Crippen molar-refractivity contribution in [3.05, 3.63) is 96.1 Å². The van der Waals surface area contributed by atoms with E-state index in [9.17, 15) is 4.79 Å². The first-order valence-electron chi connectivity index (χ1n) is 12.6. The zero-order valence-electron chi connectivity index (χ0n) is 20.4. The van der Waals surface area contributed by atoms with Crippen LogP contribution in [0.15, 0.2) is 84.9 Å². The predicted molar refractivity (Wildman–Crippen MR) is 150 cm³/mol. The summed E-state index contributed by atoms with van der Waals surface area (Å²) in [6.45, 7) is 3.75. The molecule has 1 saturated carbocycles. The highest BCUT2D eigenvalue weighted by Gasteiger charge is 2.29. The lowest BCUT2D eigenvalue weighted by atomic mass is 10.0. The minimum Gasteiger partial charge on any atom is -0.326 e. The third-order valence-corrected chi connectivity index (χ3v) is 7.97. The number of anilines is 1. The van der Waals surface area contributed by atoms with Gasteiger partial charge in [0, 0.05) is 36.8 Å². The largest absolute Gasteiger partial charge is 0.326 e. The van der Waals surface area contributed by atoms with E-state index in [4.69, 9.17) is 4.98 Å². The first-order valence-corrected chi connectivity index (χ1v) is 13.4. The van der Waals surface area contributed by atoms with Gasteiger partial charge in [-0.1, -0.05) is 48.5 Å². The average Bonchev–Trinajstić information content (AvgIpc) is 3.66. The Labute approximate surface area is 215 Å². The fourth-order valence-electron chi connectivity index (χ4n) is 4.80. The monoisotopic (exact) mass is 491 g/mol. The quantitative estimate of drug-likeness (QED) is 0.246. The summed E-state index contributed by atoms with van der Waals surface area (Å²) in [6.07, 6.45) is 2.93. The van der Waals surface area contributed by atoms with Gasteiger partial charge < -0.3 is 5.32 Å². The number of carbonyl (C=O) groups is 1. The van der Waals surface area contributed by atoms with Crippen molar-refractivity contribution in [2.24, 2.45) is 0 Å². The van der Waals surface area contributed by atoms with Crippen LogP contribution < -0.4 is 5.32 Å². The lowest BCUT2D eigenvalue weighted by molar-refractivity contribution is -0.116. The summed E-state index contributed by atoms with van der Waals surface area (Å²) in [5, 5.41) is 6.66. The molecule has 4 nitrogen and oxygen atoms in total. The minimum atomic E-state index is 0.0572. The van der Waals surface area contributed by atoms with Crippen LogP contribution in [0.1, 0.15) is 30.4 Å². The summed E-state index contributed by atoms with van der Waals surface area (Å²) in [7, 11) is 0. The van der Waals surface area contributed by atoms with E-state index in [0.29, 0.717) is 12.5 Å². The van der Waals surface area contributed by atoms with Crippen molar-refractivity contribution < 1.29 is 4.79 Å². The Morgan fingerprint density at radius 2 is 1.81 bits per heavy atom. The number of nitrogens with one attached hydrogen (secondary N) is 1. The first-order chi connectivity index (χ1) is 17.6. The number of nitrogens with zero attached hydrogens (tertiary/aromatic N) is 2. The van der Waals surface area contributed by atoms with Crippen LogP contribution >= 0.6 is 11.3 Å². The number of aromatic nitrogens is 1. The van der Waals surface area contributed by atoms with Gasteiger partial charge in [0.05, 0.1) is 10.2 Å². The topological polar surface area (TPSA) is 45.2 Å². The third kappa shape index (κ3) is 5.03. The van der Waals surface area contributed by atoms with Crippen LogP contribution in [0.5, 0.6) is 0 Å². The summed E-state index contributed by atoms with van der Waals surface area (Å²) < 4.78 is 1.20. The standard InChI is InChI=1S/C31H29N3OS/c1-21-9-16-28-29(19-21)36-31(33-28)23-10-12-25(13-11-23)32-30(35)17-18-34(26-14-15-26)20-24-7-4-6-22-5-2-3-8-27(22)24/h2-13,16,19,26H,14-15,17-18,20H2,1H3,(H,32,35). The van der Waals surface area contributed by atoms with Gasteiger partial charge in [0.2, 0.25) is 5.91 Å². The average molecular weight is 492 g/mol. The Morgan fingerprint density at radius 1 is 1.00 bits per heavy atom. The van der Waals surface area contributed by atoms with Gasteiger partial charge in [-0.15, -0.1) is 11.3 Å². The summed E-state index contributed by atoms with van der Waals surface area (Å²) in [5.74, 6) is 0.0572. The van der Waals surface area contributed by atoms with Gasteiger partial charge in [-0.25, -0.2) is 4.98 Å². The molecule has 180 valence electrons. The van der Waals surface area contributed by atoms with E-state index in [1.807, 2.05) is 24.3 Å². The predicted octanol–water partition coefficient (Wildman–Crippen LogP) is 7.42. The number of benzene rings is 4. The van der Waals surface area contributed by atoms with Crippen molar-refractivity contribution in [3.63, 3.8) is 0 Å². The van der Waals surface area contributed by atoms with Crippen molar-refractivity contribution in [3.8, 4) is 10.6 Å². The highest BCUT2D eigenvalue weighted by atomic mass is 32.1. The number of amides is 1. The zero-order chi connectivity index (χ0) is 24.5. The Balaban J connectivity index is 1.08. The van der Waals surface area contributed by atoms with Crippen molar-refractivity contribution in [2.75, 3.05) is 11.9 Å². The van der Waals surface area contributed by atoms with E-state index < -0.39 is 0 Å². The van der Waals surface area contributed by atoms with Crippen molar-refractivity contribution >= 4 is 43.9 Å². The number of rotatable bonds is 8. The highest BCUT2D eigenvalue weighted by Crippen LogP contribution is 2.32. The zero-order valence-corrected chi connectivity index (χ0v) is 21.2. The molecule has 5 heteroatoms. The normalized spacial score (nSPS) is 13.5. The second-order valence-corrected chi connectivity index (χ2v) is 10.7. The van der Waals surface area contributed by atoms with Gasteiger partial charge in [-0.2, -0.15) is 0 Å². The summed E-state index contributed by atoms with van der Waals surface area (Å²) in [4.78, 5) is 20.0. The molecule has 4 aromatic carbocycles. The van der Waals surface area contributed by atoms with Crippen LogP contribution in [0.25, 0.3) is 31.6 Å². The van der Waals surface area contributed by atoms with Gasteiger partial charge >= 0.3 is 0 Å². The maximum atomic E-state index is 12.8. The second-order valence-electron chi connectivity index (χ2n) is 9.71. The SMILES string of the molecule is Cc1ccc2nc(-c3ccc(NC(=O)CCN(Cc4cccc5ccccc45)C4CC4)cc3)sc2c1. The Morgan fingerprint density at radius 3 is 2.64 bits per heavy atom. The van der Waals surface area contributed by atoms with Crippen molar-refractivity contribution in [1.82, 2.24) is 9.88 Å². The summed E-state index contributed by atoms with van der Waals surface area (Å²) in [5.41, 5.74) is 5.51. The highest BCUT2D eigenvalue weighted by molar-refractivity contribution is 7.21. The molecule has 0 saturated heterocycles. The van der Waals surface area contributed by atoms with E-state index >= 15 is 0 Å². The van der Waals surface area contributed by atoms with Crippen LogP contribution in [0, 0.1) is 6.92 Å². The van der Waals surface area contributed by atoms with E-state index in [-0.39, 0.29) is 5.91 Å². The molecule has 36 heavy (non-hydrogen) atoms. The molecular weight excluding hydrogens is 462 g/mol. The Hall–Kier alpha value is -3.54. The second kappa shape index (κ2) is 9.84. The number of aryl methyl sites for hydroxylation is 1. The molecular formula is C31H29N3OS. The molecule has 0 spiro atoms. The number of hydrogen-bond acceptors (Lipinski definition) is 4. The maximum Gasteiger partial charge on any atom is 0.225 e. The van der Waals surface area contributed by atoms with E-state index in [1.165, 1.54) is 39.4 Å². The van der Waals surface area contributed by atoms with Gasteiger partial charge in [0.1, 0.15) is 5.01 Å². The Kier molecular flexibility index (Phi) is 6.26. The number of thiazole rings is 1. The molecule has 1 aromatic heterocycles. The van der Waals surface area contributed by atoms with Crippen LogP contribution in [-0.2, 0) is 11.3 Å². The summed E-state index contributed by atoms with van der Waals surface area (Å²) in [6, 6.07) is 30.0. The first kappa shape index (κ1) is 22.9. The molecule has 1 aliphatic rings. The minimum absolute atomic E-state index is 0.0572. The van der Waals surface area contributed by atoms with Crippen LogP contribution in [0.2, 0.25) is 0 Å². The maximum absolute atomic E-state index is 12.8. The summed E-state index contributed by atoms with van der Waals surface area (Å²) >= 11 is 1.70. The fourth-order valence-corrected chi connectivity index (χ4v) is 5.87.